The molecule has 3 rings (SSSR count). The van der Waals surface area contributed by atoms with Gasteiger partial charge in [0.25, 0.3) is 0 Å². The first-order valence-electron chi connectivity index (χ1n) is 10.3. The molecule has 1 aliphatic carbocycles. The summed E-state index contributed by atoms with van der Waals surface area (Å²) in [7, 11) is 1.78. The molecule has 1 atom stereocenters. The Balaban J connectivity index is 0.00000300. The molecule has 2 N–H and O–H groups in total. The SMILES string of the molecule is COCCC1(CN=C(NCCc2ccco2)NC(C)c2ccccc2)CCC1.I. The van der Waals surface area contributed by atoms with Crippen LogP contribution in [0.1, 0.15) is 50.0 Å². The van der Waals surface area contributed by atoms with Gasteiger partial charge in [-0.05, 0) is 49.3 Å². The molecule has 5 nitrogen and oxygen atoms in total. The first kappa shape index (κ1) is 23.7. The van der Waals surface area contributed by atoms with E-state index in [1.165, 1.54) is 24.8 Å². The van der Waals surface area contributed by atoms with Gasteiger partial charge in [0.2, 0.25) is 0 Å². The van der Waals surface area contributed by atoms with Crippen molar-refractivity contribution in [1.29, 1.82) is 0 Å². The summed E-state index contributed by atoms with van der Waals surface area (Å²) in [5.74, 6) is 1.85. The molecule has 2 aromatic rings. The van der Waals surface area contributed by atoms with Crippen molar-refractivity contribution in [3.05, 3.63) is 60.1 Å². The number of nitrogens with zero attached hydrogens (tertiary/aromatic N) is 1. The number of hydrogen-bond acceptors (Lipinski definition) is 3. The third kappa shape index (κ3) is 7.33. The summed E-state index contributed by atoms with van der Waals surface area (Å²) in [5.41, 5.74) is 1.56. The molecule has 0 aliphatic heterocycles. The second kappa shape index (κ2) is 12.2. The van der Waals surface area contributed by atoms with Crippen LogP contribution in [0.3, 0.4) is 0 Å². The molecule has 0 radical (unpaired) electrons. The zero-order valence-corrected chi connectivity index (χ0v) is 19.9. The Morgan fingerprint density at radius 3 is 2.62 bits per heavy atom. The normalized spacial score (nSPS) is 16.4. The molecule has 6 heteroatoms. The predicted molar refractivity (Wildman–Crippen MR) is 129 cm³/mol. The van der Waals surface area contributed by atoms with E-state index in [0.29, 0.717) is 5.41 Å². The number of guanidine groups is 1. The fourth-order valence-corrected chi connectivity index (χ4v) is 3.67. The molecule has 160 valence electrons. The van der Waals surface area contributed by atoms with Crippen LogP contribution >= 0.6 is 24.0 Å². The number of rotatable bonds is 10. The molecule has 0 bridgehead atoms. The van der Waals surface area contributed by atoms with Gasteiger partial charge in [0, 0.05) is 33.2 Å². The lowest BCUT2D eigenvalue weighted by molar-refractivity contribution is 0.0778. The van der Waals surface area contributed by atoms with E-state index in [1.807, 2.05) is 18.2 Å². The maximum Gasteiger partial charge on any atom is 0.191 e. The van der Waals surface area contributed by atoms with Gasteiger partial charge in [0.1, 0.15) is 5.76 Å². The molecule has 1 fully saturated rings. The highest BCUT2D eigenvalue weighted by Gasteiger charge is 2.36. The highest BCUT2D eigenvalue weighted by atomic mass is 127. The van der Waals surface area contributed by atoms with Crippen molar-refractivity contribution < 1.29 is 9.15 Å². The minimum atomic E-state index is 0. The third-order valence-electron chi connectivity index (χ3n) is 5.72. The van der Waals surface area contributed by atoms with E-state index < -0.39 is 0 Å². The molecular weight excluding hydrogens is 477 g/mol. The van der Waals surface area contributed by atoms with Crippen molar-refractivity contribution in [2.24, 2.45) is 10.4 Å². The second-order valence-electron chi connectivity index (χ2n) is 7.79. The quantitative estimate of drug-likeness (QED) is 0.270. The molecule has 29 heavy (non-hydrogen) atoms. The number of furan rings is 1. The lowest BCUT2D eigenvalue weighted by Crippen LogP contribution is -2.42. The van der Waals surface area contributed by atoms with Crippen LogP contribution in [-0.2, 0) is 11.2 Å². The fraction of sp³-hybridized carbons (Fsp3) is 0.522. The average molecular weight is 511 g/mol. The Hall–Kier alpha value is -1.54. The summed E-state index contributed by atoms with van der Waals surface area (Å²) in [6, 6.07) is 14.6. The second-order valence-corrected chi connectivity index (χ2v) is 7.79. The fourth-order valence-electron chi connectivity index (χ4n) is 3.67. The zero-order valence-electron chi connectivity index (χ0n) is 17.5. The number of ether oxygens (including phenoxy) is 1. The van der Waals surface area contributed by atoms with Gasteiger partial charge in [-0.2, -0.15) is 0 Å². The van der Waals surface area contributed by atoms with Crippen molar-refractivity contribution in [2.45, 2.75) is 45.1 Å². The monoisotopic (exact) mass is 511 g/mol. The Kier molecular flexibility index (Phi) is 10.0. The van der Waals surface area contributed by atoms with E-state index in [0.717, 1.165) is 44.3 Å². The first-order valence-corrected chi connectivity index (χ1v) is 10.3. The highest BCUT2D eigenvalue weighted by molar-refractivity contribution is 14.0. The number of aliphatic imine (C=N–C) groups is 1. The van der Waals surface area contributed by atoms with E-state index in [9.17, 15) is 0 Å². The van der Waals surface area contributed by atoms with E-state index in [-0.39, 0.29) is 30.0 Å². The number of methoxy groups -OCH3 is 1. The van der Waals surface area contributed by atoms with Gasteiger partial charge in [-0.1, -0.05) is 36.8 Å². The van der Waals surface area contributed by atoms with E-state index >= 15 is 0 Å². The first-order chi connectivity index (χ1) is 13.7. The van der Waals surface area contributed by atoms with Crippen molar-refractivity contribution in [3.8, 4) is 0 Å². The van der Waals surface area contributed by atoms with Gasteiger partial charge < -0.3 is 19.8 Å². The Bertz CT molecular complexity index is 715. The number of hydrogen-bond donors (Lipinski definition) is 2. The molecule has 1 aromatic heterocycles. The van der Waals surface area contributed by atoms with Crippen molar-refractivity contribution >= 4 is 29.9 Å². The number of halogens is 1. The van der Waals surface area contributed by atoms with Gasteiger partial charge in [-0.15, -0.1) is 24.0 Å². The lowest BCUT2D eigenvalue weighted by atomic mass is 9.67. The minimum Gasteiger partial charge on any atom is -0.469 e. The van der Waals surface area contributed by atoms with E-state index in [2.05, 4.69) is 41.8 Å². The third-order valence-corrected chi connectivity index (χ3v) is 5.72. The molecular formula is C23H34IN3O2. The summed E-state index contributed by atoms with van der Waals surface area (Å²) in [6.07, 6.45) is 7.43. The summed E-state index contributed by atoms with van der Waals surface area (Å²) in [4.78, 5) is 4.96. The van der Waals surface area contributed by atoms with Crippen LogP contribution in [-0.4, -0.2) is 32.8 Å². The van der Waals surface area contributed by atoms with Crippen LogP contribution in [0, 0.1) is 5.41 Å². The van der Waals surface area contributed by atoms with Gasteiger partial charge in [0.05, 0.1) is 12.3 Å². The van der Waals surface area contributed by atoms with Gasteiger partial charge in [-0.25, -0.2) is 0 Å². The van der Waals surface area contributed by atoms with Crippen molar-refractivity contribution in [1.82, 2.24) is 10.6 Å². The molecule has 0 amide bonds. The average Bonchev–Trinajstić information content (AvgIpc) is 3.20. The van der Waals surface area contributed by atoms with Crippen LogP contribution in [0.25, 0.3) is 0 Å². The maximum atomic E-state index is 5.44. The van der Waals surface area contributed by atoms with E-state index in [1.54, 1.807) is 13.4 Å². The summed E-state index contributed by atoms with van der Waals surface area (Å²) in [6.45, 7) is 4.60. The number of nitrogens with one attached hydrogen (secondary N) is 2. The van der Waals surface area contributed by atoms with Crippen molar-refractivity contribution in [2.75, 3.05) is 26.8 Å². The zero-order chi connectivity index (χ0) is 19.7. The highest BCUT2D eigenvalue weighted by Crippen LogP contribution is 2.44. The summed E-state index contributed by atoms with van der Waals surface area (Å²) < 4.78 is 10.8. The van der Waals surface area contributed by atoms with Crippen molar-refractivity contribution in [3.63, 3.8) is 0 Å². The molecule has 1 aromatic carbocycles. The Labute approximate surface area is 191 Å². The topological polar surface area (TPSA) is 58.8 Å². The number of benzene rings is 1. The molecule has 1 heterocycles. The predicted octanol–water partition coefficient (Wildman–Crippen LogP) is 4.94. The lowest BCUT2D eigenvalue weighted by Gasteiger charge is -2.41. The van der Waals surface area contributed by atoms with Crippen LogP contribution < -0.4 is 10.6 Å². The maximum absolute atomic E-state index is 5.44. The van der Waals surface area contributed by atoms with Crippen LogP contribution in [0.2, 0.25) is 0 Å². The standard InChI is InChI=1S/C23H33N3O2.HI/c1-19(20-8-4-3-5-9-20)26-22(24-15-11-21-10-6-16-28-21)25-18-23(12-7-13-23)14-17-27-2;/h3-6,8-10,16,19H,7,11-15,17-18H2,1-2H3,(H2,24,25,26);1H. The molecule has 1 aliphatic rings. The Morgan fingerprint density at radius 1 is 1.21 bits per heavy atom. The van der Waals surface area contributed by atoms with Crippen LogP contribution in [0.4, 0.5) is 0 Å². The van der Waals surface area contributed by atoms with Gasteiger partial charge in [-0.3, -0.25) is 4.99 Å². The van der Waals surface area contributed by atoms with Crippen LogP contribution in [0.5, 0.6) is 0 Å². The molecule has 0 spiro atoms. The molecule has 0 saturated heterocycles. The molecule has 1 saturated carbocycles. The largest absolute Gasteiger partial charge is 0.469 e. The summed E-state index contributed by atoms with van der Waals surface area (Å²) in [5, 5.41) is 7.05. The minimum absolute atomic E-state index is 0. The van der Waals surface area contributed by atoms with Gasteiger partial charge in [0.15, 0.2) is 5.96 Å². The van der Waals surface area contributed by atoms with Gasteiger partial charge >= 0.3 is 0 Å². The Morgan fingerprint density at radius 2 is 2.00 bits per heavy atom. The molecule has 1 unspecified atom stereocenters. The smallest absolute Gasteiger partial charge is 0.191 e. The van der Waals surface area contributed by atoms with E-state index in [4.69, 9.17) is 14.1 Å². The van der Waals surface area contributed by atoms with Crippen LogP contribution in [0.15, 0.2) is 58.1 Å². The summed E-state index contributed by atoms with van der Waals surface area (Å²) >= 11 is 0.